The molecule has 2 aromatic carbocycles. The molecule has 2 atom stereocenters. The molecule has 2 aromatic rings. The van der Waals surface area contributed by atoms with Crippen molar-refractivity contribution in [3.8, 4) is 0 Å². The third-order valence-corrected chi connectivity index (χ3v) is 13.4. The fourth-order valence-corrected chi connectivity index (χ4v) is 6.33. The van der Waals surface area contributed by atoms with Gasteiger partial charge in [-0.3, -0.25) is 9.59 Å². The first-order chi connectivity index (χ1) is 18.0. The number of rotatable bonds is 6. The lowest BCUT2D eigenvalue weighted by Gasteiger charge is -2.45. The number of hydrogen-bond donors (Lipinski definition) is 2. The van der Waals surface area contributed by atoms with Gasteiger partial charge in [0.05, 0.1) is 5.76 Å². The van der Waals surface area contributed by atoms with Crippen molar-refractivity contribution in [2.45, 2.75) is 115 Å². The van der Waals surface area contributed by atoms with Crippen molar-refractivity contribution in [1.82, 2.24) is 0 Å². The molecule has 1 aliphatic rings. The number of benzene rings is 2. The highest BCUT2D eigenvalue weighted by Gasteiger charge is 2.56. The number of hydrogen-bond acceptors (Lipinski definition) is 3. The van der Waals surface area contributed by atoms with Crippen molar-refractivity contribution in [2.75, 3.05) is 0 Å². The molecule has 0 spiro atoms. The van der Waals surface area contributed by atoms with Gasteiger partial charge >= 0.3 is 11.9 Å². The average molecular weight is 565 g/mol. The molecule has 0 bridgehead atoms. The van der Waals surface area contributed by atoms with E-state index in [1.165, 1.54) is 0 Å². The molecule has 2 unspecified atom stereocenters. The highest BCUT2D eigenvalue weighted by atomic mass is 28.4. The van der Waals surface area contributed by atoms with Crippen LogP contribution in [0.3, 0.4) is 0 Å². The summed E-state index contributed by atoms with van der Waals surface area (Å²) >= 11 is 0. The van der Waals surface area contributed by atoms with Crippen LogP contribution in [0.25, 0.3) is 0 Å². The summed E-state index contributed by atoms with van der Waals surface area (Å²) in [7, 11) is -2.41. The lowest BCUT2D eigenvalue weighted by atomic mass is 9.59. The van der Waals surface area contributed by atoms with Crippen LogP contribution in [0.2, 0.25) is 18.1 Å². The Labute approximate surface area is 241 Å². The van der Waals surface area contributed by atoms with E-state index >= 15 is 0 Å². The van der Waals surface area contributed by atoms with E-state index in [0.29, 0.717) is 16.9 Å². The van der Waals surface area contributed by atoms with Crippen LogP contribution in [0.4, 0.5) is 0 Å². The highest BCUT2D eigenvalue weighted by molar-refractivity contribution is 6.74. The minimum absolute atomic E-state index is 0.0960. The van der Waals surface area contributed by atoms with Crippen molar-refractivity contribution in [2.24, 2.45) is 0 Å². The molecular weight excluding hydrogens is 516 g/mol. The Morgan fingerprint density at radius 1 is 0.725 bits per heavy atom. The Hall–Kier alpha value is -2.86. The molecule has 0 fully saturated rings. The van der Waals surface area contributed by atoms with Crippen molar-refractivity contribution in [3.63, 3.8) is 0 Å². The summed E-state index contributed by atoms with van der Waals surface area (Å²) in [6, 6.07) is 15.2. The molecule has 2 N–H and O–H groups in total. The second-order valence-corrected chi connectivity index (χ2v) is 19.9. The average Bonchev–Trinajstić information content (AvgIpc) is 2.81. The second-order valence-electron chi connectivity index (χ2n) is 15.1. The molecule has 218 valence electrons. The van der Waals surface area contributed by atoms with Crippen LogP contribution in [-0.2, 0) is 35.7 Å². The van der Waals surface area contributed by atoms with E-state index in [0.717, 1.165) is 11.1 Å². The van der Waals surface area contributed by atoms with Crippen LogP contribution in [0.5, 0.6) is 0 Å². The molecule has 0 amide bonds. The van der Waals surface area contributed by atoms with E-state index in [1.807, 2.05) is 48.5 Å². The van der Waals surface area contributed by atoms with Crippen molar-refractivity contribution < 1.29 is 24.2 Å². The largest absolute Gasteiger partial charge is 0.547 e. The number of aliphatic carboxylic acids is 2. The van der Waals surface area contributed by atoms with E-state index in [-0.39, 0.29) is 28.7 Å². The van der Waals surface area contributed by atoms with Gasteiger partial charge in [-0.1, -0.05) is 111 Å². The van der Waals surface area contributed by atoms with Crippen LogP contribution in [0.15, 0.2) is 60.4 Å². The SMILES string of the molecule is CC(C)(C)c1ccc(C2(C(=O)O)C=C(O[Si](C)(C)C(C)(C)C)CC(C(=O)O)(c3ccc(C(C)(C)C)cc3)C2)cc1. The standard InChI is InChI=1S/C34H48O5Si/c1-30(2,3)23-12-16-25(17-13-23)33(28(35)36)20-27(39-40(10,11)32(7,8)9)21-34(22-33,29(37)38)26-18-14-24(15-19-26)31(4,5)6/h12-20H,21-22H2,1-11H3,(H,35,36)(H,37,38). The Bertz CT molecular complexity index is 1280. The summed E-state index contributed by atoms with van der Waals surface area (Å²) in [5.74, 6) is -1.68. The van der Waals surface area contributed by atoms with Crippen molar-refractivity contribution in [3.05, 3.63) is 82.6 Å². The summed E-state index contributed by atoms with van der Waals surface area (Å²) in [6.45, 7) is 23.2. The van der Waals surface area contributed by atoms with Gasteiger partial charge in [-0.15, -0.1) is 0 Å². The molecule has 40 heavy (non-hydrogen) atoms. The van der Waals surface area contributed by atoms with E-state index in [9.17, 15) is 19.8 Å². The molecule has 5 nitrogen and oxygen atoms in total. The van der Waals surface area contributed by atoms with E-state index < -0.39 is 31.1 Å². The van der Waals surface area contributed by atoms with Crippen molar-refractivity contribution >= 4 is 20.3 Å². The van der Waals surface area contributed by atoms with E-state index in [1.54, 1.807) is 6.08 Å². The maximum atomic E-state index is 13.3. The van der Waals surface area contributed by atoms with Gasteiger partial charge in [-0.2, -0.15) is 0 Å². The lowest BCUT2D eigenvalue weighted by Crippen LogP contribution is -2.51. The number of carboxylic acids is 2. The first kappa shape index (κ1) is 31.7. The minimum atomic E-state index is -2.41. The quantitative estimate of drug-likeness (QED) is 0.345. The van der Waals surface area contributed by atoms with Crippen LogP contribution >= 0.6 is 0 Å². The molecule has 0 heterocycles. The predicted molar refractivity (Wildman–Crippen MR) is 165 cm³/mol. The van der Waals surface area contributed by atoms with E-state index in [4.69, 9.17) is 4.43 Å². The topological polar surface area (TPSA) is 83.8 Å². The zero-order valence-corrected chi connectivity index (χ0v) is 27.2. The first-order valence-corrected chi connectivity index (χ1v) is 17.1. The van der Waals surface area contributed by atoms with Gasteiger partial charge < -0.3 is 14.6 Å². The van der Waals surface area contributed by atoms with Gasteiger partial charge in [-0.05, 0) is 63.7 Å². The fraction of sp³-hybridized carbons (Fsp3) is 0.529. The summed E-state index contributed by atoms with van der Waals surface area (Å²) in [5, 5.41) is 21.6. The zero-order chi connectivity index (χ0) is 30.5. The molecule has 0 aliphatic heterocycles. The summed E-state index contributed by atoms with van der Waals surface area (Å²) < 4.78 is 6.73. The molecule has 3 rings (SSSR count). The smallest absolute Gasteiger partial charge is 0.318 e. The van der Waals surface area contributed by atoms with Gasteiger partial charge in [0, 0.05) is 6.42 Å². The van der Waals surface area contributed by atoms with Crippen LogP contribution in [0.1, 0.15) is 97.4 Å². The fourth-order valence-electron chi connectivity index (χ4n) is 5.24. The van der Waals surface area contributed by atoms with Gasteiger partial charge in [0.15, 0.2) is 0 Å². The monoisotopic (exact) mass is 564 g/mol. The Morgan fingerprint density at radius 3 is 1.50 bits per heavy atom. The zero-order valence-electron chi connectivity index (χ0n) is 26.2. The molecule has 6 heteroatoms. The van der Waals surface area contributed by atoms with Crippen LogP contribution in [0, 0.1) is 0 Å². The molecule has 0 saturated carbocycles. The van der Waals surface area contributed by atoms with Crippen molar-refractivity contribution in [1.29, 1.82) is 0 Å². The van der Waals surface area contributed by atoms with Gasteiger partial charge in [-0.25, -0.2) is 0 Å². The van der Waals surface area contributed by atoms with Gasteiger partial charge in [0.2, 0.25) is 8.32 Å². The van der Waals surface area contributed by atoms with E-state index in [2.05, 4.69) is 75.4 Å². The molecule has 1 aliphatic carbocycles. The lowest BCUT2D eigenvalue weighted by molar-refractivity contribution is -0.149. The Kier molecular flexibility index (Phi) is 8.07. The van der Waals surface area contributed by atoms with Gasteiger partial charge in [0.25, 0.3) is 0 Å². The normalized spacial score (nSPS) is 22.4. The number of allylic oxidation sites excluding steroid dienone is 1. The summed E-state index contributed by atoms with van der Waals surface area (Å²) in [6.07, 6.45) is 1.68. The van der Waals surface area contributed by atoms with Gasteiger partial charge in [0.1, 0.15) is 10.8 Å². The summed E-state index contributed by atoms with van der Waals surface area (Å²) in [5.41, 5.74) is 0.0535. The maximum absolute atomic E-state index is 13.3. The molecule has 0 saturated heterocycles. The second kappa shape index (κ2) is 10.2. The maximum Gasteiger partial charge on any atom is 0.318 e. The third-order valence-electron chi connectivity index (χ3n) is 9.02. The Balaban J connectivity index is 2.31. The molecule has 0 aromatic heterocycles. The third kappa shape index (κ3) is 5.92. The first-order valence-electron chi connectivity index (χ1n) is 14.1. The number of carbonyl (C=O) groups is 2. The van der Waals surface area contributed by atoms with Crippen LogP contribution < -0.4 is 0 Å². The molecular formula is C34H48O5Si. The molecule has 0 radical (unpaired) electrons. The number of carboxylic acid groups (broad SMARTS) is 2. The van der Waals surface area contributed by atoms with Crippen LogP contribution in [-0.4, -0.2) is 30.5 Å². The Morgan fingerprint density at radius 2 is 1.15 bits per heavy atom. The minimum Gasteiger partial charge on any atom is -0.547 e. The highest BCUT2D eigenvalue weighted by Crippen LogP contribution is 2.51. The summed E-state index contributed by atoms with van der Waals surface area (Å²) in [4.78, 5) is 26.6. The predicted octanol–water partition coefficient (Wildman–Crippen LogP) is 8.33.